The number of hydrogen-bond donors (Lipinski definition) is 1. The molecule has 1 amide bonds. The van der Waals surface area contributed by atoms with Gasteiger partial charge in [-0.3, -0.25) is 9.59 Å². The predicted octanol–water partition coefficient (Wildman–Crippen LogP) is 3.66. The summed E-state index contributed by atoms with van der Waals surface area (Å²) in [7, 11) is 1.57. The van der Waals surface area contributed by atoms with Gasteiger partial charge in [0.05, 0.1) is 25.8 Å². The zero-order valence-corrected chi connectivity index (χ0v) is 16.3. The number of methoxy groups -OCH3 is 1. The van der Waals surface area contributed by atoms with Crippen LogP contribution in [0.15, 0.2) is 65.2 Å². The molecule has 0 aliphatic heterocycles. The standard InChI is InChI=1S/C22H22N2O5/c1-15(25)24-19(16-8-10-18(27-2)11-9-16)12-22(26)28-14-21-23-13-20(29-21)17-6-4-3-5-7-17/h3-11,13,19H,12,14H2,1-2H3,(H,24,25)/t19-/m0/s1. The lowest BCUT2D eigenvalue weighted by atomic mass is 10.0. The largest absolute Gasteiger partial charge is 0.497 e. The number of amides is 1. The van der Waals surface area contributed by atoms with Gasteiger partial charge >= 0.3 is 5.97 Å². The summed E-state index contributed by atoms with van der Waals surface area (Å²) in [5, 5.41) is 2.77. The zero-order chi connectivity index (χ0) is 20.6. The molecule has 0 spiro atoms. The molecule has 7 nitrogen and oxygen atoms in total. The smallest absolute Gasteiger partial charge is 0.308 e. The Bertz CT molecular complexity index is 951. The van der Waals surface area contributed by atoms with Gasteiger partial charge in [0.1, 0.15) is 5.75 Å². The fraction of sp³-hybridized carbons (Fsp3) is 0.227. The average molecular weight is 394 g/mol. The molecule has 3 aromatic rings. The van der Waals surface area contributed by atoms with Gasteiger partial charge in [0.2, 0.25) is 11.8 Å². The van der Waals surface area contributed by atoms with Gasteiger partial charge in [-0.1, -0.05) is 42.5 Å². The van der Waals surface area contributed by atoms with Crippen LogP contribution in [0.5, 0.6) is 5.75 Å². The van der Waals surface area contributed by atoms with E-state index in [4.69, 9.17) is 13.9 Å². The molecule has 1 aromatic heterocycles. The van der Waals surface area contributed by atoms with Gasteiger partial charge in [0.15, 0.2) is 12.4 Å². The van der Waals surface area contributed by atoms with E-state index < -0.39 is 12.0 Å². The second-order valence-corrected chi connectivity index (χ2v) is 6.38. The molecule has 3 rings (SSSR count). The Balaban J connectivity index is 1.60. The van der Waals surface area contributed by atoms with Crippen LogP contribution in [0, 0.1) is 0 Å². The first kappa shape index (κ1) is 20.1. The van der Waals surface area contributed by atoms with Crippen molar-refractivity contribution in [2.24, 2.45) is 0 Å². The second kappa shape index (κ2) is 9.54. The number of carbonyl (C=O) groups excluding carboxylic acids is 2. The van der Waals surface area contributed by atoms with Crippen molar-refractivity contribution in [3.8, 4) is 17.1 Å². The Kier molecular flexibility index (Phi) is 6.63. The Morgan fingerprint density at radius 2 is 1.83 bits per heavy atom. The minimum atomic E-state index is -0.504. The molecule has 0 saturated heterocycles. The van der Waals surface area contributed by atoms with Crippen molar-refractivity contribution in [2.45, 2.75) is 26.0 Å². The predicted molar refractivity (Wildman–Crippen MR) is 106 cm³/mol. The van der Waals surface area contributed by atoms with Gasteiger partial charge < -0.3 is 19.2 Å². The van der Waals surface area contributed by atoms with Gasteiger partial charge in [-0.25, -0.2) is 4.98 Å². The quantitative estimate of drug-likeness (QED) is 0.587. The van der Waals surface area contributed by atoms with Crippen LogP contribution >= 0.6 is 0 Å². The molecule has 1 atom stereocenters. The molecule has 1 N–H and O–H groups in total. The van der Waals surface area contributed by atoms with Crippen LogP contribution < -0.4 is 10.1 Å². The number of rotatable bonds is 8. The molecule has 0 aliphatic rings. The third-order valence-electron chi connectivity index (χ3n) is 4.23. The first-order valence-electron chi connectivity index (χ1n) is 9.12. The molecule has 0 bridgehead atoms. The molecule has 1 heterocycles. The summed E-state index contributed by atoms with van der Waals surface area (Å²) in [6, 6.07) is 16.2. The summed E-state index contributed by atoms with van der Waals surface area (Å²) in [6.45, 7) is 1.32. The molecule has 29 heavy (non-hydrogen) atoms. The number of carbonyl (C=O) groups is 2. The molecule has 150 valence electrons. The number of benzene rings is 2. The number of ether oxygens (including phenoxy) is 2. The number of aromatic nitrogens is 1. The fourth-order valence-electron chi connectivity index (χ4n) is 2.81. The van der Waals surface area contributed by atoms with Gasteiger partial charge in [-0.05, 0) is 17.7 Å². The molecular weight excluding hydrogens is 372 g/mol. The summed E-state index contributed by atoms with van der Waals surface area (Å²) in [5.41, 5.74) is 1.67. The summed E-state index contributed by atoms with van der Waals surface area (Å²) >= 11 is 0. The Hall–Kier alpha value is -3.61. The van der Waals surface area contributed by atoms with E-state index in [-0.39, 0.29) is 18.9 Å². The van der Waals surface area contributed by atoms with Crippen molar-refractivity contribution in [1.82, 2.24) is 10.3 Å². The van der Waals surface area contributed by atoms with Crippen molar-refractivity contribution in [2.75, 3.05) is 7.11 Å². The van der Waals surface area contributed by atoms with Crippen LogP contribution in [0.1, 0.15) is 30.8 Å². The maximum absolute atomic E-state index is 12.3. The van der Waals surface area contributed by atoms with E-state index in [1.54, 1.807) is 37.6 Å². The van der Waals surface area contributed by atoms with Gasteiger partial charge in [-0.15, -0.1) is 0 Å². The van der Waals surface area contributed by atoms with E-state index in [0.29, 0.717) is 17.4 Å². The maximum atomic E-state index is 12.3. The second-order valence-electron chi connectivity index (χ2n) is 6.38. The summed E-state index contributed by atoms with van der Waals surface area (Å²) in [6.07, 6.45) is 1.58. The Morgan fingerprint density at radius 1 is 1.10 bits per heavy atom. The Morgan fingerprint density at radius 3 is 2.48 bits per heavy atom. The molecule has 0 fully saturated rings. The van der Waals surface area contributed by atoms with E-state index in [1.165, 1.54) is 6.92 Å². The van der Waals surface area contributed by atoms with Crippen LogP contribution in [0.25, 0.3) is 11.3 Å². The van der Waals surface area contributed by atoms with Crippen LogP contribution in [-0.2, 0) is 20.9 Å². The number of oxazole rings is 1. The highest BCUT2D eigenvalue weighted by molar-refractivity contribution is 5.76. The van der Waals surface area contributed by atoms with Crippen molar-refractivity contribution < 1.29 is 23.5 Å². The SMILES string of the molecule is COc1ccc([C@H](CC(=O)OCc2ncc(-c3ccccc3)o2)NC(C)=O)cc1. The molecule has 0 saturated carbocycles. The highest BCUT2D eigenvalue weighted by atomic mass is 16.5. The van der Waals surface area contributed by atoms with Crippen LogP contribution in [0.3, 0.4) is 0 Å². The summed E-state index contributed by atoms with van der Waals surface area (Å²) < 4.78 is 16.0. The van der Waals surface area contributed by atoms with Gasteiger partial charge in [0.25, 0.3) is 0 Å². The Labute approximate surface area is 168 Å². The van der Waals surface area contributed by atoms with Crippen molar-refractivity contribution in [1.29, 1.82) is 0 Å². The minimum absolute atomic E-state index is 0.0157. The minimum Gasteiger partial charge on any atom is -0.497 e. The van der Waals surface area contributed by atoms with E-state index in [1.807, 2.05) is 30.3 Å². The summed E-state index contributed by atoms with van der Waals surface area (Å²) in [5.74, 6) is 0.887. The first-order chi connectivity index (χ1) is 14.0. The molecule has 0 aliphatic carbocycles. The summed E-state index contributed by atoms with van der Waals surface area (Å²) in [4.78, 5) is 28.0. The number of hydrogen-bond acceptors (Lipinski definition) is 6. The molecular formula is C22H22N2O5. The van der Waals surface area contributed by atoms with Crippen molar-refractivity contribution >= 4 is 11.9 Å². The number of esters is 1. The number of nitrogens with zero attached hydrogens (tertiary/aromatic N) is 1. The number of nitrogens with one attached hydrogen (secondary N) is 1. The topological polar surface area (TPSA) is 90.7 Å². The average Bonchev–Trinajstić information content (AvgIpc) is 3.21. The lowest BCUT2D eigenvalue weighted by Gasteiger charge is -2.17. The highest BCUT2D eigenvalue weighted by Crippen LogP contribution is 2.22. The van der Waals surface area contributed by atoms with Gasteiger partial charge in [0, 0.05) is 12.5 Å². The van der Waals surface area contributed by atoms with E-state index >= 15 is 0 Å². The van der Waals surface area contributed by atoms with Gasteiger partial charge in [-0.2, -0.15) is 0 Å². The van der Waals surface area contributed by atoms with Crippen LogP contribution in [0.2, 0.25) is 0 Å². The molecule has 7 heteroatoms. The molecule has 0 unspecified atom stereocenters. The monoisotopic (exact) mass is 394 g/mol. The third-order valence-corrected chi connectivity index (χ3v) is 4.23. The van der Waals surface area contributed by atoms with Crippen molar-refractivity contribution in [3.63, 3.8) is 0 Å². The first-order valence-corrected chi connectivity index (χ1v) is 9.12. The fourth-order valence-corrected chi connectivity index (χ4v) is 2.81. The van der Waals surface area contributed by atoms with Crippen molar-refractivity contribution in [3.05, 3.63) is 72.2 Å². The maximum Gasteiger partial charge on any atom is 0.308 e. The molecule has 2 aromatic carbocycles. The van der Waals surface area contributed by atoms with E-state index in [9.17, 15) is 9.59 Å². The van der Waals surface area contributed by atoms with E-state index in [2.05, 4.69) is 10.3 Å². The third kappa shape index (κ3) is 5.68. The zero-order valence-electron chi connectivity index (χ0n) is 16.3. The van der Waals surface area contributed by atoms with Crippen LogP contribution in [0.4, 0.5) is 0 Å². The highest BCUT2D eigenvalue weighted by Gasteiger charge is 2.19. The normalized spacial score (nSPS) is 11.5. The van der Waals surface area contributed by atoms with Crippen LogP contribution in [-0.4, -0.2) is 24.0 Å². The lowest BCUT2D eigenvalue weighted by Crippen LogP contribution is -2.28. The molecule has 0 radical (unpaired) electrons. The van der Waals surface area contributed by atoms with E-state index in [0.717, 1.165) is 11.1 Å². The lowest BCUT2D eigenvalue weighted by molar-refractivity contribution is -0.146.